The molecule has 0 aromatic heterocycles. The summed E-state index contributed by atoms with van der Waals surface area (Å²) in [6, 6.07) is 5.35. The van der Waals surface area contributed by atoms with Crippen molar-refractivity contribution in [1.29, 1.82) is 0 Å². The van der Waals surface area contributed by atoms with E-state index < -0.39 is 0 Å². The zero-order valence-electron chi connectivity index (χ0n) is 19.0. The Morgan fingerprint density at radius 2 is 1.85 bits per heavy atom. The molecule has 1 N–H and O–H groups in total. The van der Waals surface area contributed by atoms with Crippen molar-refractivity contribution < 1.29 is 23.9 Å². The minimum Gasteiger partial charge on any atom is -0.376 e. The Hall–Kier alpha value is -2.65. The fourth-order valence-electron chi connectivity index (χ4n) is 5.24. The molecule has 4 aliphatic rings. The quantitative estimate of drug-likeness (QED) is 0.715. The second-order valence-corrected chi connectivity index (χ2v) is 9.20. The Labute approximate surface area is 194 Å². The number of nitrogens with one attached hydrogen (secondary N) is 1. The summed E-state index contributed by atoms with van der Waals surface area (Å²) < 4.78 is 11.0. The van der Waals surface area contributed by atoms with Crippen LogP contribution in [0.1, 0.15) is 42.5 Å². The molecule has 4 aliphatic heterocycles. The van der Waals surface area contributed by atoms with Gasteiger partial charge in [0.1, 0.15) is 12.6 Å². The van der Waals surface area contributed by atoms with Gasteiger partial charge in [-0.1, -0.05) is 0 Å². The van der Waals surface area contributed by atoms with Gasteiger partial charge in [0.2, 0.25) is 11.8 Å². The normalized spacial score (nSPS) is 25.0. The number of nitrogens with zero attached hydrogens (tertiary/aromatic N) is 3. The molecular weight excluding hydrogens is 424 g/mol. The molecule has 0 radical (unpaired) electrons. The molecule has 1 aromatic rings. The van der Waals surface area contributed by atoms with Crippen LogP contribution >= 0.6 is 0 Å². The van der Waals surface area contributed by atoms with Crippen molar-refractivity contribution in [1.82, 2.24) is 10.2 Å². The Bertz CT molecular complexity index is 910. The molecular formula is C24H32N4O5. The highest BCUT2D eigenvalue weighted by molar-refractivity contribution is 6.09. The van der Waals surface area contributed by atoms with Gasteiger partial charge in [-0.2, -0.15) is 0 Å². The first-order chi connectivity index (χ1) is 16.1. The number of hydrogen-bond donors (Lipinski definition) is 1. The number of amides is 3. The predicted octanol–water partition coefficient (Wildman–Crippen LogP) is 1.16. The maximum atomic E-state index is 13.5. The van der Waals surface area contributed by atoms with E-state index in [0.717, 1.165) is 57.4 Å². The smallest absolute Gasteiger partial charge is 0.253 e. The standard InChI is InChI=1S/C24H32N4O5/c29-22(25-14-18-16-32-11-12-33-18)15-28-21-13-17(23(30)26-8-3-4-9-26)6-7-19(21)27-10-2-1-5-20(27)24(28)31/h6-7,13,18,20H,1-5,8-12,14-16H2,(H,25,29)/t18-,20+/m0/s1. The lowest BCUT2D eigenvalue weighted by atomic mass is 9.95. The third-order valence-corrected chi connectivity index (χ3v) is 6.98. The first kappa shape index (κ1) is 22.2. The van der Waals surface area contributed by atoms with E-state index in [9.17, 15) is 14.4 Å². The molecule has 4 heterocycles. The van der Waals surface area contributed by atoms with Crippen LogP contribution in [0.5, 0.6) is 0 Å². The largest absolute Gasteiger partial charge is 0.376 e. The maximum Gasteiger partial charge on any atom is 0.253 e. The Kier molecular flexibility index (Phi) is 6.50. The van der Waals surface area contributed by atoms with E-state index >= 15 is 0 Å². The zero-order chi connectivity index (χ0) is 22.8. The third-order valence-electron chi connectivity index (χ3n) is 6.98. The van der Waals surface area contributed by atoms with Gasteiger partial charge in [0, 0.05) is 31.7 Å². The highest BCUT2D eigenvalue weighted by atomic mass is 16.6. The highest BCUT2D eigenvalue weighted by Crippen LogP contribution is 2.40. The second-order valence-electron chi connectivity index (χ2n) is 9.20. The average molecular weight is 457 g/mol. The molecule has 9 heteroatoms. The van der Waals surface area contributed by atoms with Crippen LogP contribution in [0.25, 0.3) is 0 Å². The van der Waals surface area contributed by atoms with Crippen LogP contribution in [0.4, 0.5) is 11.4 Å². The SMILES string of the molecule is O=C(CN1C(=O)[C@H]2CCCCN2c2ccc(C(=O)N3CCCC3)cc21)NC[C@H]1COCCO1. The number of ether oxygens (including phenoxy) is 2. The summed E-state index contributed by atoms with van der Waals surface area (Å²) in [7, 11) is 0. The van der Waals surface area contributed by atoms with Crippen LogP contribution in [-0.4, -0.2) is 87.3 Å². The number of carbonyl (C=O) groups is 3. The highest BCUT2D eigenvalue weighted by Gasteiger charge is 2.40. The van der Waals surface area contributed by atoms with E-state index in [1.165, 1.54) is 0 Å². The van der Waals surface area contributed by atoms with E-state index in [2.05, 4.69) is 10.2 Å². The van der Waals surface area contributed by atoms with E-state index in [4.69, 9.17) is 9.47 Å². The first-order valence-electron chi connectivity index (χ1n) is 12.1. The van der Waals surface area contributed by atoms with E-state index in [1.807, 2.05) is 17.0 Å². The van der Waals surface area contributed by atoms with Crippen molar-refractivity contribution in [3.63, 3.8) is 0 Å². The number of hydrogen-bond acceptors (Lipinski definition) is 6. The number of rotatable bonds is 5. The van der Waals surface area contributed by atoms with Gasteiger partial charge < -0.3 is 24.6 Å². The summed E-state index contributed by atoms with van der Waals surface area (Å²) in [6.45, 7) is 4.14. The number of piperidine rings is 1. The van der Waals surface area contributed by atoms with E-state index in [-0.39, 0.29) is 36.4 Å². The number of likely N-dealkylation sites (tertiary alicyclic amines) is 1. The van der Waals surface area contributed by atoms with Crippen LogP contribution < -0.4 is 15.1 Å². The molecule has 2 atom stereocenters. The number of fused-ring (bicyclic) bond motifs is 3. The maximum absolute atomic E-state index is 13.5. The lowest BCUT2D eigenvalue weighted by molar-refractivity contribution is -0.126. The van der Waals surface area contributed by atoms with Crippen molar-refractivity contribution in [3.8, 4) is 0 Å². The average Bonchev–Trinajstić information content (AvgIpc) is 3.40. The van der Waals surface area contributed by atoms with Crippen LogP contribution in [0, 0.1) is 0 Å². The molecule has 0 saturated carbocycles. The number of carbonyl (C=O) groups excluding carboxylic acids is 3. The second kappa shape index (κ2) is 9.69. The molecule has 1 aromatic carbocycles. The van der Waals surface area contributed by atoms with Crippen molar-refractivity contribution in [2.75, 3.05) is 62.3 Å². The number of benzene rings is 1. The van der Waals surface area contributed by atoms with Crippen molar-refractivity contribution in [2.24, 2.45) is 0 Å². The van der Waals surface area contributed by atoms with Gasteiger partial charge in [0.15, 0.2) is 0 Å². The zero-order valence-corrected chi connectivity index (χ0v) is 19.0. The lowest BCUT2D eigenvalue weighted by Crippen LogP contribution is -2.57. The van der Waals surface area contributed by atoms with Gasteiger partial charge in [0.05, 0.1) is 37.3 Å². The molecule has 178 valence electrons. The van der Waals surface area contributed by atoms with Crippen LogP contribution in [0.15, 0.2) is 18.2 Å². The molecule has 9 nitrogen and oxygen atoms in total. The van der Waals surface area contributed by atoms with Crippen molar-refractivity contribution >= 4 is 29.1 Å². The van der Waals surface area contributed by atoms with Crippen LogP contribution in [0.3, 0.4) is 0 Å². The molecule has 0 spiro atoms. The minimum absolute atomic E-state index is 0.0117. The molecule has 3 saturated heterocycles. The van der Waals surface area contributed by atoms with Gasteiger partial charge in [-0.05, 0) is 50.3 Å². The number of anilines is 2. The summed E-state index contributed by atoms with van der Waals surface area (Å²) in [4.78, 5) is 44.9. The molecule has 0 bridgehead atoms. The molecule has 0 aliphatic carbocycles. The summed E-state index contributed by atoms with van der Waals surface area (Å²) >= 11 is 0. The van der Waals surface area contributed by atoms with Gasteiger partial charge in [-0.3, -0.25) is 19.3 Å². The molecule has 0 unspecified atom stereocenters. The summed E-state index contributed by atoms with van der Waals surface area (Å²) in [5, 5.41) is 2.88. The van der Waals surface area contributed by atoms with Gasteiger partial charge in [-0.25, -0.2) is 0 Å². The minimum atomic E-state index is -0.255. The van der Waals surface area contributed by atoms with Crippen LogP contribution in [-0.2, 0) is 19.1 Å². The van der Waals surface area contributed by atoms with Gasteiger partial charge >= 0.3 is 0 Å². The topological polar surface area (TPSA) is 91.4 Å². The summed E-state index contributed by atoms with van der Waals surface area (Å²) in [5.74, 6) is -0.327. The Balaban J connectivity index is 1.37. The van der Waals surface area contributed by atoms with Gasteiger partial charge in [0.25, 0.3) is 5.91 Å². The summed E-state index contributed by atoms with van der Waals surface area (Å²) in [6.07, 6.45) is 4.66. The Morgan fingerprint density at radius 3 is 2.64 bits per heavy atom. The Morgan fingerprint density at radius 1 is 1.03 bits per heavy atom. The first-order valence-corrected chi connectivity index (χ1v) is 12.1. The van der Waals surface area contributed by atoms with E-state index in [0.29, 0.717) is 37.6 Å². The van der Waals surface area contributed by atoms with Crippen molar-refractivity contribution in [2.45, 2.75) is 44.2 Å². The fraction of sp³-hybridized carbons (Fsp3) is 0.625. The monoisotopic (exact) mass is 456 g/mol. The van der Waals surface area contributed by atoms with Gasteiger partial charge in [-0.15, -0.1) is 0 Å². The lowest BCUT2D eigenvalue weighted by Gasteiger charge is -2.45. The summed E-state index contributed by atoms with van der Waals surface area (Å²) in [5.41, 5.74) is 2.14. The van der Waals surface area contributed by atoms with Crippen LogP contribution in [0.2, 0.25) is 0 Å². The molecule has 3 fully saturated rings. The van der Waals surface area contributed by atoms with E-state index in [1.54, 1.807) is 11.0 Å². The van der Waals surface area contributed by atoms with Crippen molar-refractivity contribution in [3.05, 3.63) is 23.8 Å². The fourth-order valence-corrected chi connectivity index (χ4v) is 5.24. The molecule has 3 amide bonds. The predicted molar refractivity (Wildman–Crippen MR) is 122 cm³/mol. The third kappa shape index (κ3) is 4.56. The molecule has 5 rings (SSSR count). The molecule has 33 heavy (non-hydrogen) atoms.